The summed E-state index contributed by atoms with van der Waals surface area (Å²) in [5.74, 6) is -0.545. The van der Waals surface area contributed by atoms with Crippen LogP contribution < -0.4 is 5.32 Å². The van der Waals surface area contributed by atoms with Crippen LogP contribution in [0, 0.1) is 5.82 Å². The first-order valence-electron chi connectivity index (χ1n) is 8.52. The van der Waals surface area contributed by atoms with E-state index in [0.717, 1.165) is 22.9 Å². The molecule has 1 atom stereocenters. The molecule has 0 spiro atoms. The van der Waals surface area contributed by atoms with Crippen molar-refractivity contribution in [1.82, 2.24) is 10.3 Å². The quantitative estimate of drug-likeness (QED) is 0.741. The van der Waals surface area contributed by atoms with Crippen LogP contribution in [0.25, 0.3) is 10.9 Å². The van der Waals surface area contributed by atoms with Crippen LogP contribution in [0.3, 0.4) is 0 Å². The van der Waals surface area contributed by atoms with Crippen molar-refractivity contribution in [2.75, 3.05) is 6.54 Å². The normalized spacial score (nSPS) is 16.3. The molecule has 0 saturated carbocycles. The van der Waals surface area contributed by atoms with Gasteiger partial charge in [0.2, 0.25) is 6.10 Å². The Morgan fingerprint density at radius 2 is 2.15 bits per heavy atom. The van der Waals surface area contributed by atoms with E-state index in [1.54, 1.807) is 12.1 Å². The molecular formula is C20H18FN3O2. The number of fused-ring (bicyclic) bond motifs is 1. The first-order chi connectivity index (χ1) is 12.7. The fourth-order valence-electron chi connectivity index (χ4n) is 3.13. The predicted molar refractivity (Wildman–Crippen MR) is 97.4 cm³/mol. The minimum absolute atomic E-state index is 0.208. The maximum Gasteiger partial charge on any atom is 0.264 e. The molecule has 0 bridgehead atoms. The second-order valence-electron chi connectivity index (χ2n) is 6.25. The molecule has 5 nitrogen and oxygen atoms in total. The van der Waals surface area contributed by atoms with E-state index in [1.807, 2.05) is 24.4 Å². The standard InChI is InChI=1S/C20H18FN3O2/c21-15-5-3-4-13(10-15)18-11-19(26-24-18)20(25)22-9-8-14-12-23-17-7-2-1-6-16(14)17/h1-7,10,12,19,23H,8-9,11H2,(H,22,25)/t19-/m0/s1. The molecular weight excluding hydrogens is 333 g/mol. The number of aromatic amines is 1. The van der Waals surface area contributed by atoms with E-state index in [1.165, 1.54) is 12.1 Å². The number of H-pyrrole nitrogens is 1. The second-order valence-corrected chi connectivity index (χ2v) is 6.25. The SMILES string of the molecule is O=C(NCCc1c[nH]c2ccccc12)[C@@H]1CC(c2cccc(F)c2)=NO1. The summed E-state index contributed by atoms with van der Waals surface area (Å²) in [5.41, 5.74) is 3.46. The van der Waals surface area contributed by atoms with Crippen LogP contribution in [0.4, 0.5) is 4.39 Å². The number of carbonyl (C=O) groups excluding carboxylic acids is 1. The Kier molecular flexibility index (Phi) is 4.39. The molecule has 132 valence electrons. The molecule has 6 heteroatoms. The average molecular weight is 351 g/mol. The summed E-state index contributed by atoms with van der Waals surface area (Å²) in [6, 6.07) is 14.2. The summed E-state index contributed by atoms with van der Waals surface area (Å²) in [7, 11) is 0. The highest BCUT2D eigenvalue weighted by Gasteiger charge is 2.28. The van der Waals surface area contributed by atoms with Crippen molar-refractivity contribution in [2.24, 2.45) is 5.16 Å². The van der Waals surface area contributed by atoms with Crippen molar-refractivity contribution in [2.45, 2.75) is 18.9 Å². The molecule has 0 saturated heterocycles. The molecule has 26 heavy (non-hydrogen) atoms. The number of benzene rings is 2. The number of oxime groups is 1. The maximum atomic E-state index is 13.3. The molecule has 1 amide bonds. The van der Waals surface area contributed by atoms with E-state index >= 15 is 0 Å². The molecule has 2 aromatic carbocycles. The van der Waals surface area contributed by atoms with Gasteiger partial charge in [-0.2, -0.15) is 0 Å². The van der Waals surface area contributed by atoms with Crippen LogP contribution in [0.2, 0.25) is 0 Å². The van der Waals surface area contributed by atoms with Gasteiger partial charge in [-0.25, -0.2) is 4.39 Å². The van der Waals surface area contributed by atoms with Crippen molar-refractivity contribution < 1.29 is 14.0 Å². The lowest BCUT2D eigenvalue weighted by molar-refractivity contribution is -0.131. The van der Waals surface area contributed by atoms with Gasteiger partial charge in [-0.15, -0.1) is 0 Å². The minimum Gasteiger partial charge on any atom is -0.382 e. The van der Waals surface area contributed by atoms with Gasteiger partial charge in [0, 0.05) is 35.6 Å². The first-order valence-corrected chi connectivity index (χ1v) is 8.52. The van der Waals surface area contributed by atoms with Gasteiger partial charge in [0.15, 0.2) is 0 Å². The highest BCUT2D eigenvalue weighted by atomic mass is 19.1. The second kappa shape index (κ2) is 7.00. The third-order valence-corrected chi connectivity index (χ3v) is 4.49. The van der Waals surface area contributed by atoms with Crippen molar-refractivity contribution in [3.05, 3.63) is 71.7 Å². The van der Waals surface area contributed by atoms with Crippen molar-refractivity contribution >= 4 is 22.5 Å². The molecule has 0 fully saturated rings. The minimum atomic E-state index is -0.670. The molecule has 2 N–H and O–H groups in total. The summed E-state index contributed by atoms with van der Waals surface area (Å²) in [6.07, 6.45) is 2.35. The number of hydrogen-bond acceptors (Lipinski definition) is 3. The number of nitrogens with zero attached hydrogens (tertiary/aromatic N) is 1. The van der Waals surface area contributed by atoms with Crippen LogP contribution >= 0.6 is 0 Å². The number of rotatable bonds is 5. The molecule has 3 aromatic rings. The smallest absolute Gasteiger partial charge is 0.264 e. The summed E-state index contributed by atoms with van der Waals surface area (Å²) in [4.78, 5) is 20.7. The van der Waals surface area contributed by atoms with Gasteiger partial charge in [0.1, 0.15) is 5.82 Å². The number of para-hydroxylation sites is 1. The molecule has 1 aromatic heterocycles. The molecule has 1 aliphatic rings. The van der Waals surface area contributed by atoms with E-state index in [-0.39, 0.29) is 11.7 Å². The van der Waals surface area contributed by atoms with E-state index in [2.05, 4.69) is 21.5 Å². The highest BCUT2D eigenvalue weighted by Crippen LogP contribution is 2.19. The third-order valence-electron chi connectivity index (χ3n) is 4.49. The molecule has 4 rings (SSSR count). The molecule has 2 heterocycles. The van der Waals surface area contributed by atoms with Crippen molar-refractivity contribution in [1.29, 1.82) is 0 Å². The molecule has 0 aliphatic carbocycles. The van der Waals surface area contributed by atoms with Crippen LogP contribution in [0.1, 0.15) is 17.5 Å². The largest absolute Gasteiger partial charge is 0.382 e. The van der Waals surface area contributed by atoms with Gasteiger partial charge < -0.3 is 15.1 Å². The van der Waals surface area contributed by atoms with Gasteiger partial charge in [0.25, 0.3) is 5.91 Å². The Bertz CT molecular complexity index is 980. The van der Waals surface area contributed by atoms with Gasteiger partial charge in [-0.05, 0) is 30.2 Å². The number of nitrogens with one attached hydrogen (secondary N) is 2. The van der Waals surface area contributed by atoms with E-state index in [4.69, 9.17) is 4.84 Å². The van der Waals surface area contributed by atoms with Gasteiger partial charge >= 0.3 is 0 Å². The Morgan fingerprint density at radius 3 is 3.04 bits per heavy atom. The molecule has 1 aliphatic heterocycles. The number of halogens is 1. The van der Waals surface area contributed by atoms with Gasteiger partial charge in [0.05, 0.1) is 5.71 Å². The van der Waals surface area contributed by atoms with E-state index in [9.17, 15) is 9.18 Å². The van der Waals surface area contributed by atoms with E-state index < -0.39 is 6.10 Å². The number of carbonyl (C=O) groups is 1. The van der Waals surface area contributed by atoms with E-state index in [0.29, 0.717) is 24.2 Å². The van der Waals surface area contributed by atoms with Crippen LogP contribution in [-0.2, 0) is 16.1 Å². The van der Waals surface area contributed by atoms with Gasteiger partial charge in [-0.3, -0.25) is 4.79 Å². The van der Waals surface area contributed by atoms with Crippen molar-refractivity contribution in [3.63, 3.8) is 0 Å². The van der Waals surface area contributed by atoms with Gasteiger partial charge in [-0.1, -0.05) is 35.5 Å². The summed E-state index contributed by atoms with van der Waals surface area (Å²) in [5, 5.41) is 7.98. The third kappa shape index (κ3) is 3.31. The Balaban J connectivity index is 1.31. The topological polar surface area (TPSA) is 66.5 Å². The summed E-state index contributed by atoms with van der Waals surface area (Å²) >= 11 is 0. The Morgan fingerprint density at radius 1 is 1.27 bits per heavy atom. The van der Waals surface area contributed by atoms with Crippen molar-refractivity contribution in [3.8, 4) is 0 Å². The van der Waals surface area contributed by atoms with Crippen LogP contribution in [0.5, 0.6) is 0 Å². The Labute approximate surface area is 149 Å². The summed E-state index contributed by atoms with van der Waals surface area (Å²) in [6.45, 7) is 0.510. The lowest BCUT2D eigenvalue weighted by Crippen LogP contribution is -2.36. The lowest BCUT2D eigenvalue weighted by atomic mass is 10.0. The monoisotopic (exact) mass is 351 g/mol. The zero-order valence-electron chi connectivity index (χ0n) is 14.0. The maximum absolute atomic E-state index is 13.3. The fraction of sp³-hybridized carbons (Fsp3) is 0.200. The lowest BCUT2D eigenvalue weighted by Gasteiger charge is -2.09. The van der Waals surface area contributed by atoms with Crippen LogP contribution in [0.15, 0.2) is 59.9 Å². The summed E-state index contributed by atoms with van der Waals surface area (Å²) < 4.78 is 13.3. The average Bonchev–Trinajstić information content (AvgIpc) is 3.29. The molecule has 0 unspecified atom stereocenters. The zero-order chi connectivity index (χ0) is 17.9. The number of hydrogen-bond donors (Lipinski definition) is 2. The zero-order valence-corrected chi connectivity index (χ0v) is 14.0. The fourth-order valence-corrected chi connectivity index (χ4v) is 3.13. The first kappa shape index (κ1) is 16.3. The highest BCUT2D eigenvalue weighted by molar-refractivity contribution is 6.04. The number of aromatic nitrogens is 1. The predicted octanol–water partition coefficient (Wildman–Crippen LogP) is 3.16. The van der Waals surface area contributed by atoms with Crippen LogP contribution in [-0.4, -0.2) is 29.3 Å². The molecule has 0 radical (unpaired) electrons. The Hall–Kier alpha value is -3.15. The number of amides is 1.